The normalized spacial score (nSPS) is 16.1. The molecular weight excluding hydrogens is 1250 g/mol. The minimum absolute atomic E-state index is 0.0923. The molecule has 6 fully saturated rings. The van der Waals surface area contributed by atoms with Crippen LogP contribution in [0.5, 0.6) is 0 Å². The number of hydrogen-bond acceptors (Lipinski definition) is 6. The Kier molecular flexibility index (Phi) is 28.2. The van der Waals surface area contributed by atoms with E-state index in [-0.39, 0.29) is 67.9 Å². The molecule has 0 aromatic heterocycles. The lowest BCUT2D eigenvalue weighted by Crippen LogP contribution is -2.42. The number of piperidine rings is 1. The second-order valence-electron chi connectivity index (χ2n) is 34.7. The topological polar surface area (TPSA) is 121 Å². The molecule has 0 aliphatic carbocycles. The number of amides is 6. The summed E-state index contributed by atoms with van der Waals surface area (Å²) in [4.78, 5) is 84.3. The molecule has 6 saturated heterocycles. The van der Waals surface area contributed by atoms with Crippen molar-refractivity contribution in [2.24, 2.45) is 0 Å². The Morgan fingerprint density at radius 2 is 0.436 bits per heavy atom. The van der Waals surface area contributed by atoms with Crippen LogP contribution in [0.15, 0.2) is 146 Å². The number of carbonyl (C=O) groups is 6. The van der Waals surface area contributed by atoms with E-state index in [4.69, 9.17) is 0 Å². The number of nitrogens with zero attached hydrogens (tertiary/aromatic N) is 6. The van der Waals surface area contributed by atoms with Crippen molar-refractivity contribution < 1.29 is 28.8 Å². The predicted molar refractivity (Wildman–Crippen MR) is 417 cm³/mol. The standard InChI is InChI=1S/C17H25NO.C16H23NO.C15H21NO.2C14H19NO.C13H17NO/c1-17(2,3)15-10-8-9-14(13-15)16(19)18-11-6-4-5-7-12-18;1-16(2,3)14-9-7-8-13(12-14)15(18)17-10-5-4-6-11-17;1-15(2,3)13-8-6-7-12(11-13)14(17)16-9-4-5-10-16;1-14(2,3)12-7-4-6-11(10-12)13(16)15-8-5-9-15;1-14(2,3)12-6-4-5-11(9-12)10-13(16)15-7-8-15;1-13(2,3)11-6-4-5-10(9-11)12(15)14-7-8-14/h8-10,13H,4-7,11-12H2,1-3H3;7-9,12H,4-6,10-11H2,1-3H3;6-8,11H,4-5,9-10H2,1-3H3;4,6-7,10H,5,8-9H2,1-3H3;4-6,9H,7-8,10H2,1-3H3;4-6,9H,7-8H2,1-3H3. The van der Waals surface area contributed by atoms with Crippen molar-refractivity contribution in [1.82, 2.24) is 29.4 Å². The van der Waals surface area contributed by atoms with Gasteiger partial charge in [-0.2, -0.15) is 0 Å². The number of likely N-dealkylation sites (tertiary alicyclic amines) is 4. The van der Waals surface area contributed by atoms with Crippen molar-refractivity contribution in [2.75, 3.05) is 78.5 Å². The van der Waals surface area contributed by atoms with E-state index in [1.807, 2.05) is 120 Å². The lowest BCUT2D eigenvalue weighted by atomic mass is 9.86. The van der Waals surface area contributed by atoms with Crippen molar-refractivity contribution in [1.29, 1.82) is 0 Å². The average molecular weight is 1370 g/mol. The van der Waals surface area contributed by atoms with Gasteiger partial charge in [-0.25, -0.2) is 0 Å². The molecule has 12 nitrogen and oxygen atoms in total. The first-order valence-corrected chi connectivity index (χ1v) is 37.7. The quantitative estimate of drug-likeness (QED) is 0.147. The number of benzene rings is 6. The Bertz CT molecular complexity index is 3720. The fourth-order valence-electron chi connectivity index (χ4n) is 12.3. The van der Waals surface area contributed by atoms with Gasteiger partial charge in [-0.3, -0.25) is 28.8 Å². The molecule has 12 rings (SSSR count). The number of carbonyl (C=O) groups excluding carboxylic acids is 6. The number of hydrogen-bond donors (Lipinski definition) is 0. The third kappa shape index (κ3) is 25.3. The monoisotopic (exact) mass is 1370 g/mol. The van der Waals surface area contributed by atoms with E-state index >= 15 is 0 Å². The van der Waals surface area contributed by atoms with Gasteiger partial charge in [0.05, 0.1) is 6.42 Å². The third-order valence-corrected chi connectivity index (χ3v) is 19.6. The molecule has 546 valence electrons. The average Bonchev–Trinajstić information content (AvgIpc) is 1.55. The lowest BCUT2D eigenvalue weighted by Gasteiger charge is -2.31. The molecule has 6 aliphatic heterocycles. The highest BCUT2D eigenvalue weighted by Crippen LogP contribution is 2.30. The van der Waals surface area contributed by atoms with Crippen LogP contribution in [0.3, 0.4) is 0 Å². The Labute approximate surface area is 609 Å². The Balaban J connectivity index is 0.000000170. The van der Waals surface area contributed by atoms with Crippen LogP contribution in [-0.2, 0) is 43.7 Å². The van der Waals surface area contributed by atoms with Crippen LogP contribution in [0.1, 0.15) is 280 Å². The minimum atomic E-state index is 0.0923. The van der Waals surface area contributed by atoms with Gasteiger partial charge in [0.2, 0.25) is 5.91 Å². The fourth-order valence-corrected chi connectivity index (χ4v) is 12.3. The second-order valence-corrected chi connectivity index (χ2v) is 34.7. The van der Waals surface area contributed by atoms with E-state index < -0.39 is 0 Å². The predicted octanol–water partition coefficient (Wildman–Crippen LogP) is 18.5. The summed E-state index contributed by atoms with van der Waals surface area (Å²) in [6.45, 7) is 50.2. The first-order chi connectivity index (χ1) is 47.4. The van der Waals surface area contributed by atoms with E-state index in [1.165, 1.54) is 52.6 Å². The van der Waals surface area contributed by atoms with Gasteiger partial charge in [-0.05, 0) is 183 Å². The lowest BCUT2D eigenvalue weighted by molar-refractivity contribution is -0.125. The van der Waals surface area contributed by atoms with Crippen LogP contribution < -0.4 is 0 Å². The summed E-state index contributed by atoms with van der Waals surface area (Å²) < 4.78 is 0. The van der Waals surface area contributed by atoms with Gasteiger partial charge in [0, 0.05) is 106 Å². The van der Waals surface area contributed by atoms with Crippen LogP contribution >= 0.6 is 0 Å². The van der Waals surface area contributed by atoms with Crippen LogP contribution in [0.2, 0.25) is 0 Å². The highest BCUT2D eigenvalue weighted by Gasteiger charge is 2.29. The third-order valence-electron chi connectivity index (χ3n) is 19.6. The summed E-state index contributed by atoms with van der Waals surface area (Å²) in [6, 6.07) is 48.6. The van der Waals surface area contributed by atoms with Crippen LogP contribution in [0.4, 0.5) is 0 Å². The Morgan fingerprint density at radius 1 is 0.238 bits per heavy atom. The van der Waals surface area contributed by atoms with Gasteiger partial charge in [0.15, 0.2) is 0 Å². The smallest absolute Gasteiger partial charge is 0.253 e. The summed E-state index contributed by atoms with van der Waals surface area (Å²) in [5, 5.41) is 0. The molecule has 0 radical (unpaired) electrons. The molecule has 0 unspecified atom stereocenters. The molecule has 101 heavy (non-hydrogen) atoms. The van der Waals surface area contributed by atoms with Crippen LogP contribution in [0, 0.1) is 0 Å². The molecule has 6 aromatic rings. The van der Waals surface area contributed by atoms with Gasteiger partial charge in [0.25, 0.3) is 29.5 Å². The van der Waals surface area contributed by atoms with Crippen LogP contribution in [-0.4, -0.2) is 143 Å². The van der Waals surface area contributed by atoms with E-state index in [2.05, 4.69) is 179 Å². The minimum Gasteiger partial charge on any atom is -0.339 e. The molecule has 0 bridgehead atoms. The molecule has 6 amide bonds. The molecule has 0 atom stereocenters. The van der Waals surface area contributed by atoms with E-state index in [9.17, 15) is 28.8 Å². The largest absolute Gasteiger partial charge is 0.339 e. The van der Waals surface area contributed by atoms with E-state index in [1.54, 1.807) is 0 Å². The maximum absolute atomic E-state index is 12.6. The van der Waals surface area contributed by atoms with Crippen molar-refractivity contribution in [3.8, 4) is 0 Å². The highest BCUT2D eigenvalue weighted by molar-refractivity contribution is 5.97. The molecule has 0 spiro atoms. The zero-order valence-electron chi connectivity index (χ0n) is 65.3. The van der Waals surface area contributed by atoms with Crippen molar-refractivity contribution in [3.63, 3.8) is 0 Å². The van der Waals surface area contributed by atoms with Gasteiger partial charge >= 0.3 is 0 Å². The van der Waals surface area contributed by atoms with Gasteiger partial charge in [-0.15, -0.1) is 0 Å². The van der Waals surface area contributed by atoms with Gasteiger partial charge in [-0.1, -0.05) is 222 Å². The number of rotatable bonds is 7. The first-order valence-electron chi connectivity index (χ1n) is 37.7. The van der Waals surface area contributed by atoms with E-state index in [0.29, 0.717) is 6.42 Å². The van der Waals surface area contributed by atoms with Gasteiger partial charge in [0.1, 0.15) is 0 Å². The zero-order valence-corrected chi connectivity index (χ0v) is 65.3. The Morgan fingerprint density at radius 3 is 0.653 bits per heavy atom. The maximum atomic E-state index is 12.6. The fraction of sp³-hybridized carbons (Fsp3) is 0.528. The SMILES string of the molecule is CC(C)(C)c1cccc(C(=O)N2CC2)c1.CC(C)(C)c1cccc(C(=O)N2CCC2)c1.CC(C)(C)c1cccc(C(=O)N2CCCC2)c1.CC(C)(C)c1cccc(C(=O)N2CCCCC2)c1.CC(C)(C)c1cccc(C(=O)N2CCCCCC2)c1.CC(C)(C)c1cccc(CC(=O)N2CC2)c1. The highest BCUT2D eigenvalue weighted by atomic mass is 16.2. The van der Waals surface area contributed by atoms with E-state index in [0.717, 1.165) is 157 Å². The summed E-state index contributed by atoms with van der Waals surface area (Å²) >= 11 is 0. The summed E-state index contributed by atoms with van der Waals surface area (Å²) in [6.07, 6.45) is 12.3. The van der Waals surface area contributed by atoms with Crippen molar-refractivity contribution in [3.05, 3.63) is 212 Å². The zero-order chi connectivity index (χ0) is 74.1. The molecule has 6 heterocycles. The molecule has 12 heteroatoms. The molecule has 6 aromatic carbocycles. The maximum Gasteiger partial charge on any atom is 0.253 e. The molecule has 6 aliphatic rings. The summed E-state index contributed by atoms with van der Waals surface area (Å²) in [7, 11) is 0. The van der Waals surface area contributed by atoms with Crippen molar-refractivity contribution >= 4 is 35.4 Å². The molecule has 0 N–H and O–H groups in total. The van der Waals surface area contributed by atoms with Gasteiger partial charge < -0.3 is 29.4 Å². The Hall–Kier alpha value is -7.86. The second kappa shape index (κ2) is 35.4. The summed E-state index contributed by atoms with van der Waals surface area (Å²) in [5.74, 6) is 1.19. The molecular formula is C89H124N6O6. The summed E-state index contributed by atoms with van der Waals surface area (Å²) in [5.41, 5.74) is 13.3. The van der Waals surface area contributed by atoms with Crippen LogP contribution in [0.25, 0.3) is 0 Å². The first kappa shape index (κ1) is 80.5. The molecule has 0 saturated carbocycles. The van der Waals surface area contributed by atoms with Crippen molar-refractivity contribution in [2.45, 2.75) is 228 Å².